The average Bonchev–Trinajstić information content (AvgIpc) is 2.99. The molecule has 0 bridgehead atoms. The van der Waals surface area contributed by atoms with Crippen molar-refractivity contribution in [2.45, 2.75) is 57.1 Å². The second-order valence-corrected chi connectivity index (χ2v) is 11.6. The van der Waals surface area contributed by atoms with Crippen LogP contribution < -0.4 is 10.3 Å². The summed E-state index contributed by atoms with van der Waals surface area (Å²) in [4.78, 5) is 25.3. The maximum atomic E-state index is 12.5. The Kier molecular flexibility index (Phi) is 8.62. The number of fused-ring (bicyclic) bond motifs is 1. The molecular formula is C29H36N2O6S. The van der Waals surface area contributed by atoms with E-state index in [1.165, 1.54) is 4.57 Å². The summed E-state index contributed by atoms with van der Waals surface area (Å²) >= 11 is 0. The number of ether oxygens (including phenoxy) is 2. The van der Waals surface area contributed by atoms with Gasteiger partial charge in [-0.25, -0.2) is 0 Å². The monoisotopic (exact) mass is 540 g/mol. The summed E-state index contributed by atoms with van der Waals surface area (Å²) in [6.45, 7) is 6.65. The lowest BCUT2D eigenvalue weighted by molar-refractivity contribution is -0.143. The van der Waals surface area contributed by atoms with E-state index in [1.54, 1.807) is 48.7 Å². The van der Waals surface area contributed by atoms with Crippen LogP contribution in [0.2, 0.25) is 0 Å². The molecule has 0 fully saturated rings. The molecule has 2 aromatic carbocycles. The minimum atomic E-state index is -3.31. The van der Waals surface area contributed by atoms with Gasteiger partial charge in [-0.3, -0.25) is 18.7 Å². The Hall–Kier alpha value is -3.11. The van der Waals surface area contributed by atoms with E-state index in [-0.39, 0.29) is 43.1 Å². The molecule has 0 radical (unpaired) electrons. The molecule has 1 aliphatic rings. The number of hydrogen-bond donors (Lipinski definition) is 2. The van der Waals surface area contributed by atoms with E-state index in [0.717, 1.165) is 22.3 Å². The van der Waals surface area contributed by atoms with Crippen molar-refractivity contribution in [1.29, 1.82) is 0 Å². The van der Waals surface area contributed by atoms with E-state index in [0.29, 0.717) is 23.6 Å². The normalized spacial score (nSPS) is 18.5. The Morgan fingerprint density at radius 1 is 1.13 bits per heavy atom. The summed E-state index contributed by atoms with van der Waals surface area (Å²) in [6, 6.07) is 16.4. The molecule has 1 aromatic heterocycles. The van der Waals surface area contributed by atoms with Gasteiger partial charge in [0.25, 0.3) is 5.56 Å². The first-order valence-corrected chi connectivity index (χ1v) is 14.3. The lowest BCUT2D eigenvalue weighted by Crippen LogP contribution is -2.34. The molecule has 9 heteroatoms. The fraction of sp³-hybridized carbons (Fsp3) is 0.379. The van der Waals surface area contributed by atoms with Gasteiger partial charge in [0.05, 0.1) is 19.6 Å². The third-order valence-corrected chi connectivity index (χ3v) is 8.92. The molecule has 0 saturated heterocycles. The third kappa shape index (κ3) is 5.96. The van der Waals surface area contributed by atoms with Crippen molar-refractivity contribution < 1.29 is 23.4 Å². The van der Waals surface area contributed by atoms with Gasteiger partial charge in [0.15, 0.2) is 0 Å². The lowest BCUT2D eigenvalue weighted by atomic mass is 9.87. The van der Waals surface area contributed by atoms with Gasteiger partial charge in [-0.2, -0.15) is 4.31 Å². The fourth-order valence-corrected chi connectivity index (χ4v) is 6.31. The zero-order valence-electron chi connectivity index (χ0n) is 22.3. The van der Waals surface area contributed by atoms with Crippen molar-refractivity contribution in [3.05, 3.63) is 93.4 Å². The van der Waals surface area contributed by atoms with Crippen LogP contribution >= 0.6 is 10.8 Å². The molecule has 4 rings (SSSR count). The van der Waals surface area contributed by atoms with E-state index in [9.17, 15) is 18.7 Å². The highest BCUT2D eigenvalue weighted by atomic mass is 32.3. The molecule has 2 atom stereocenters. The van der Waals surface area contributed by atoms with Crippen molar-refractivity contribution >= 4 is 16.7 Å². The van der Waals surface area contributed by atoms with Gasteiger partial charge >= 0.3 is 5.97 Å². The van der Waals surface area contributed by atoms with Gasteiger partial charge in [0, 0.05) is 31.8 Å². The first kappa shape index (κ1) is 27.9. The number of pyridine rings is 1. The number of carbonyl (C=O) groups is 1. The largest absolute Gasteiger partial charge is 0.487 e. The number of rotatable bonds is 8. The molecule has 1 aliphatic heterocycles. The van der Waals surface area contributed by atoms with Gasteiger partial charge in [0.1, 0.15) is 16.7 Å². The fourth-order valence-electron chi connectivity index (χ4n) is 4.69. The highest BCUT2D eigenvalue weighted by Gasteiger charge is 2.35. The van der Waals surface area contributed by atoms with E-state index >= 15 is 0 Å². The van der Waals surface area contributed by atoms with Gasteiger partial charge in [-0.1, -0.05) is 37.3 Å². The quantitative estimate of drug-likeness (QED) is 0.365. The summed E-state index contributed by atoms with van der Waals surface area (Å²) < 4.78 is 37.4. The molecular weight excluding hydrogens is 504 g/mol. The first-order valence-electron chi connectivity index (χ1n) is 12.8. The van der Waals surface area contributed by atoms with E-state index in [2.05, 4.69) is 0 Å². The highest BCUT2D eigenvalue weighted by molar-refractivity contribution is 8.22. The van der Waals surface area contributed by atoms with Gasteiger partial charge in [-0.15, -0.1) is 10.8 Å². The summed E-state index contributed by atoms with van der Waals surface area (Å²) in [5.74, 6) is -0.242. The van der Waals surface area contributed by atoms with Crippen molar-refractivity contribution in [1.82, 2.24) is 8.87 Å². The number of aryl methyl sites for hydroxylation is 2. The number of carbonyl (C=O) groups excluding carboxylic acids is 1. The Labute approximate surface area is 225 Å². The molecule has 0 aliphatic carbocycles. The summed E-state index contributed by atoms with van der Waals surface area (Å²) in [6.07, 6.45) is 2.29. The summed E-state index contributed by atoms with van der Waals surface area (Å²) in [5.41, 5.74) is 3.29. The number of esters is 1. The summed E-state index contributed by atoms with van der Waals surface area (Å²) in [5, 5.41) is 0. The van der Waals surface area contributed by atoms with Crippen LogP contribution in [0, 0.1) is 6.92 Å². The molecule has 2 unspecified atom stereocenters. The zero-order valence-corrected chi connectivity index (χ0v) is 23.1. The van der Waals surface area contributed by atoms with Gasteiger partial charge in [-0.05, 0) is 60.7 Å². The standard InChI is InChI=1S/C29H36N2O6S/c1-5-24-19-31(38(34,35)27-10-8-7-9-26(27)37-24)18-23-15-21(12-11-20(23)3)25(17-29(33)36-6-2)22-13-14-30(4)28(32)16-22/h7-16,24-25,34-35H,5-6,17-19H2,1-4H3. The topological polar surface area (TPSA) is 101 Å². The smallest absolute Gasteiger partial charge is 0.306 e. The first-order chi connectivity index (χ1) is 18.1. The van der Waals surface area contributed by atoms with Crippen molar-refractivity contribution in [2.75, 3.05) is 13.2 Å². The third-order valence-electron chi connectivity index (χ3n) is 6.99. The second kappa shape index (κ2) is 11.7. The van der Waals surface area contributed by atoms with E-state index in [1.807, 2.05) is 44.2 Å². The molecule has 2 N–H and O–H groups in total. The number of aromatic nitrogens is 1. The van der Waals surface area contributed by atoms with Crippen LogP contribution in [0.25, 0.3) is 0 Å². The molecule has 204 valence electrons. The Bertz CT molecular complexity index is 1350. The molecule has 0 amide bonds. The van der Waals surface area contributed by atoms with Crippen LogP contribution in [0.3, 0.4) is 0 Å². The van der Waals surface area contributed by atoms with Crippen LogP contribution in [-0.2, 0) is 23.1 Å². The number of nitrogens with zero attached hydrogens (tertiary/aromatic N) is 2. The van der Waals surface area contributed by atoms with Crippen molar-refractivity contribution in [2.24, 2.45) is 7.05 Å². The number of para-hydroxylation sites is 1. The maximum absolute atomic E-state index is 12.5. The molecule has 8 nitrogen and oxygen atoms in total. The van der Waals surface area contributed by atoms with Gasteiger partial charge < -0.3 is 14.0 Å². The van der Waals surface area contributed by atoms with Crippen LogP contribution in [0.4, 0.5) is 0 Å². The average molecular weight is 541 g/mol. The Balaban J connectivity index is 1.73. The minimum Gasteiger partial charge on any atom is -0.487 e. The second-order valence-electron chi connectivity index (χ2n) is 9.59. The van der Waals surface area contributed by atoms with Crippen LogP contribution in [0.15, 0.2) is 70.5 Å². The predicted octanol–water partition coefficient (Wildman–Crippen LogP) is 5.48. The van der Waals surface area contributed by atoms with Crippen LogP contribution in [-0.4, -0.2) is 43.2 Å². The number of hydrogen-bond acceptors (Lipinski definition) is 7. The van der Waals surface area contributed by atoms with Crippen molar-refractivity contribution in [3.63, 3.8) is 0 Å². The van der Waals surface area contributed by atoms with Gasteiger partial charge in [0.2, 0.25) is 0 Å². The Morgan fingerprint density at radius 2 is 1.87 bits per heavy atom. The van der Waals surface area contributed by atoms with Crippen molar-refractivity contribution in [3.8, 4) is 5.75 Å². The molecule has 2 heterocycles. The minimum absolute atomic E-state index is 0.0849. The Morgan fingerprint density at radius 3 is 2.58 bits per heavy atom. The number of benzene rings is 2. The maximum Gasteiger partial charge on any atom is 0.306 e. The lowest BCUT2D eigenvalue weighted by Gasteiger charge is -2.42. The SMILES string of the molecule is CCOC(=O)CC(c1ccc(C)c(CN2CC(CC)Oc3ccccc3S2(O)O)c1)c1ccn(C)c(=O)c1. The highest BCUT2D eigenvalue weighted by Crippen LogP contribution is 2.57. The molecule has 0 saturated carbocycles. The molecule has 38 heavy (non-hydrogen) atoms. The molecule has 0 spiro atoms. The zero-order chi connectivity index (χ0) is 27.4. The summed E-state index contributed by atoms with van der Waals surface area (Å²) in [7, 11) is -1.63. The molecule has 3 aromatic rings. The van der Waals surface area contributed by atoms with Crippen LogP contribution in [0.5, 0.6) is 5.75 Å². The predicted molar refractivity (Wildman–Crippen MR) is 149 cm³/mol. The van der Waals surface area contributed by atoms with E-state index < -0.39 is 10.8 Å². The van der Waals surface area contributed by atoms with E-state index in [4.69, 9.17) is 9.47 Å². The van der Waals surface area contributed by atoms with Crippen LogP contribution in [0.1, 0.15) is 54.9 Å².